The molecule has 7 nitrogen and oxygen atoms in total. The van der Waals surface area contributed by atoms with Crippen LogP contribution in [0.2, 0.25) is 0 Å². The third kappa shape index (κ3) is 1.56. The van der Waals surface area contributed by atoms with Crippen LogP contribution in [0, 0.1) is 6.92 Å². The summed E-state index contributed by atoms with van der Waals surface area (Å²) >= 11 is 0. The topological polar surface area (TPSA) is 105 Å². The first kappa shape index (κ1) is 9.63. The van der Waals surface area contributed by atoms with E-state index in [1.54, 1.807) is 6.92 Å². The molecule has 3 N–H and O–H groups in total. The van der Waals surface area contributed by atoms with Crippen molar-refractivity contribution in [1.82, 2.24) is 20.1 Å². The number of primary amides is 1. The van der Waals surface area contributed by atoms with Crippen molar-refractivity contribution in [2.24, 2.45) is 5.73 Å². The molecule has 2 amide bonds. The standard InChI is InChI=1S/C8H11N5O2/c1-4-10-7(12-11-4)8(15)13-3-2-5(13)6(9)14/h5H,2-3H2,1H3,(H2,9,14)(H,10,11,12). The Kier molecular flexibility index (Phi) is 2.14. The van der Waals surface area contributed by atoms with Gasteiger partial charge >= 0.3 is 0 Å². The maximum atomic E-state index is 11.7. The minimum atomic E-state index is -0.503. The number of H-pyrrole nitrogens is 1. The van der Waals surface area contributed by atoms with E-state index in [-0.39, 0.29) is 11.7 Å². The monoisotopic (exact) mass is 209 g/mol. The van der Waals surface area contributed by atoms with Crippen LogP contribution in [0.5, 0.6) is 0 Å². The fourth-order valence-electron chi connectivity index (χ4n) is 1.49. The molecule has 7 heteroatoms. The average Bonchev–Trinajstić information content (AvgIpc) is 2.48. The van der Waals surface area contributed by atoms with Gasteiger partial charge in [-0.2, -0.15) is 0 Å². The summed E-state index contributed by atoms with van der Waals surface area (Å²) in [6.45, 7) is 2.23. The molecular weight excluding hydrogens is 198 g/mol. The van der Waals surface area contributed by atoms with Crippen molar-refractivity contribution >= 4 is 11.8 Å². The van der Waals surface area contributed by atoms with Crippen LogP contribution in [0.3, 0.4) is 0 Å². The zero-order valence-corrected chi connectivity index (χ0v) is 8.23. The van der Waals surface area contributed by atoms with Crippen LogP contribution >= 0.6 is 0 Å². The number of carbonyl (C=O) groups excluding carboxylic acids is 2. The smallest absolute Gasteiger partial charge is 0.294 e. The zero-order valence-electron chi connectivity index (χ0n) is 8.23. The molecule has 0 radical (unpaired) electrons. The normalized spacial score (nSPS) is 19.8. The van der Waals surface area contributed by atoms with Gasteiger partial charge < -0.3 is 10.6 Å². The van der Waals surface area contributed by atoms with Crippen molar-refractivity contribution in [3.05, 3.63) is 11.6 Å². The number of hydrogen-bond donors (Lipinski definition) is 2. The summed E-state index contributed by atoms with van der Waals surface area (Å²) in [7, 11) is 0. The van der Waals surface area contributed by atoms with E-state index in [4.69, 9.17) is 5.73 Å². The summed E-state index contributed by atoms with van der Waals surface area (Å²) in [5.41, 5.74) is 5.13. The van der Waals surface area contributed by atoms with Crippen molar-refractivity contribution < 1.29 is 9.59 Å². The quantitative estimate of drug-likeness (QED) is 0.639. The fraction of sp³-hybridized carbons (Fsp3) is 0.500. The van der Waals surface area contributed by atoms with Gasteiger partial charge in [-0.3, -0.25) is 14.7 Å². The Labute approximate surface area is 85.7 Å². The summed E-state index contributed by atoms with van der Waals surface area (Å²) in [5, 5.41) is 6.30. The highest BCUT2D eigenvalue weighted by atomic mass is 16.2. The summed E-state index contributed by atoms with van der Waals surface area (Å²) in [5.74, 6) is -0.191. The van der Waals surface area contributed by atoms with E-state index in [1.807, 2.05) is 0 Å². The average molecular weight is 209 g/mol. The maximum absolute atomic E-state index is 11.7. The fourth-order valence-corrected chi connectivity index (χ4v) is 1.49. The molecule has 1 fully saturated rings. The Morgan fingerprint density at radius 2 is 2.33 bits per heavy atom. The van der Waals surface area contributed by atoms with Crippen molar-refractivity contribution in [1.29, 1.82) is 0 Å². The van der Waals surface area contributed by atoms with Crippen LogP contribution in [0.15, 0.2) is 0 Å². The molecule has 0 bridgehead atoms. The summed E-state index contributed by atoms with van der Waals surface area (Å²) in [6, 6.07) is -0.503. The molecule has 2 rings (SSSR count). The van der Waals surface area contributed by atoms with Crippen molar-refractivity contribution in [3.8, 4) is 0 Å². The molecule has 1 atom stereocenters. The summed E-state index contributed by atoms with van der Waals surface area (Å²) in [4.78, 5) is 27.9. The second kappa shape index (κ2) is 3.34. The van der Waals surface area contributed by atoms with Gasteiger partial charge in [0.2, 0.25) is 11.7 Å². The van der Waals surface area contributed by atoms with Gasteiger partial charge in [-0.15, -0.1) is 5.10 Å². The van der Waals surface area contributed by atoms with Crippen molar-refractivity contribution in [3.63, 3.8) is 0 Å². The van der Waals surface area contributed by atoms with Gasteiger partial charge in [0.05, 0.1) is 0 Å². The lowest BCUT2D eigenvalue weighted by Gasteiger charge is -2.37. The molecular formula is C8H11N5O2. The third-order valence-corrected chi connectivity index (χ3v) is 2.40. The Morgan fingerprint density at radius 3 is 2.73 bits per heavy atom. The second-order valence-corrected chi connectivity index (χ2v) is 3.45. The lowest BCUT2D eigenvalue weighted by atomic mass is 10.0. The molecule has 2 heterocycles. The number of nitrogens with one attached hydrogen (secondary N) is 1. The summed E-state index contributed by atoms with van der Waals surface area (Å²) < 4.78 is 0. The lowest BCUT2D eigenvalue weighted by molar-refractivity contribution is -0.125. The molecule has 1 aromatic rings. The Bertz CT molecular complexity index is 413. The number of rotatable bonds is 2. The molecule has 0 saturated carbocycles. The number of aromatic amines is 1. The van der Waals surface area contributed by atoms with Gasteiger partial charge in [0.15, 0.2) is 0 Å². The molecule has 1 unspecified atom stereocenters. The first-order valence-corrected chi connectivity index (χ1v) is 4.59. The highest BCUT2D eigenvalue weighted by molar-refractivity contribution is 5.95. The first-order valence-electron chi connectivity index (χ1n) is 4.59. The van der Waals surface area contributed by atoms with Gasteiger partial charge in [-0.25, -0.2) is 4.98 Å². The molecule has 80 valence electrons. The van der Waals surface area contributed by atoms with Gasteiger partial charge in [-0.1, -0.05) is 0 Å². The number of nitrogens with two attached hydrogens (primary N) is 1. The molecule has 0 aromatic carbocycles. The van der Waals surface area contributed by atoms with Crippen LogP contribution < -0.4 is 5.73 Å². The van der Waals surface area contributed by atoms with E-state index in [0.29, 0.717) is 18.8 Å². The van der Waals surface area contributed by atoms with Crippen LogP contribution in [0.25, 0.3) is 0 Å². The molecule has 1 aliphatic rings. The number of carbonyl (C=O) groups is 2. The number of amides is 2. The lowest BCUT2D eigenvalue weighted by Crippen LogP contribution is -2.57. The molecule has 0 aliphatic carbocycles. The predicted molar refractivity (Wildman–Crippen MR) is 49.8 cm³/mol. The molecule has 1 aromatic heterocycles. The van der Waals surface area contributed by atoms with Crippen LogP contribution in [0.4, 0.5) is 0 Å². The van der Waals surface area contributed by atoms with E-state index in [0.717, 1.165) is 0 Å². The largest absolute Gasteiger partial charge is 0.368 e. The molecule has 0 spiro atoms. The van der Waals surface area contributed by atoms with Crippen LogP contribution in [0.1, 0.15) is 22.9 Å². The number of aromatic nitrogens is 3. The number of nitrogens with zero attached hydrogens (tertiary/aromatic N) is 3. The van der Waals surface area contributed by atoms with E-state index in [1.165, 1.54) is 4.90 Å². The molecule has 1 aliphatic heterocycles. The van der Waals surface area contributed by atoms with Crippen molar-refractivity contribution in [2.45, 2.75) is 19.4 Å². The summed E-state index contributed by atoms with van der Waals surface area (Å²) in [6.07, 6.45) is 0.616. The highest BCUT2D eigenvalue weighted by Gasteiger charge is 2.37. The van der Waals surface area contributed by atoms with E-state index in [9.17, 15) is 9.59 Å². The predicted octanol–water partition coefficient (Wildman–Crippen LogP) is -1.19. The Balaban J connectivity index is 2.12. The van der Waals surface area contributed by atoms with Crippen LogP contribution in [-0.2, 0) is 4.79 Å². The minimum Gasteiger partial charge on any atom is -0.368 e. The van der Waals surface area contributed by atoms with Gasteiger partial charge in [0.1, 0.15) is 11.9 Å². The van der Waals surface area contributed by atoms with Crippen LogP contribution in [-0.4, -0.2) is 44.5 Å². The first-order chi connectivity index (χ1) is 7.09. The second-order valence-electron chi connectivity index (χ2n) is 3.45. The number of aryl methyl sites for hydroxylation is 1. The number of likely N-dealkylation sites (tertiary alicyclic amines) is 1. The maximum Gasteiger partial charge on any atom is 0.294 e. The number of hydrogen-bond acceptors (Lipinski definition) is 4. The Morgan fingerprint density at radius 1 is 1.60 bits per heavy atom. The zero-order chi connectivity index (χ0) is 11.0. The Hall–Kier alpha value is -1.92. The third-order valence-electron chi connectivity index (χ3n) is 2.40. The van der Waals surface area contributed by atoms with E-state index in [2.05, 4.69) is 15.2 Å². The minimum absolute atomic E-state index is 0.0819. The van der Waals surface area contributed by atoms with E-state index < -0.39 is 11.9 Å². The van der Waals surface area contributed by atoms with Gasteiger partial charge in [-0.05, 0) is 13.3 Å². The highest BCUT2D eigenvalue weighted by Crippen LogP contribution is 2.18. The molecule has 1 saturated heterocycles. The van der Waals surface area contributed by atoms with Crippen molar-refractivity contribution in [2.75, 3.05) is 6.54 Å². The van der Waals surface area contributed by atoms with E-state index >= 15 is 0 Å². The van der Waals surface area contributed by atoms with Gasteiger partial charge in [0, 0.05) is 6.54 Å². The SMILES string of the molecule is Cc1nc(C(=O)N2CCC2C(N)=O)n[nH]1. The molecule has 15 heavy (non-hydrogen) atoms. The van der Waals surface area contributed by atoms with Gasteiger partial charge in [0.25, 0.3) is 5.91 Å².